The molecule has 0 fully saturated rings. The molecule has 0 rings (SSSR count). The van der Waals surface area contributed by atoms with Crippen molar-refractivity contribution in [2.75, 3.05) is 5.75 Å². The van der Waals surface area contributed by atoms with Gasteiger partial charge >= 0.3 is 11.9 Å². The molecule has 0 spiro atoms. The molecule has 17 heavy (non-hydrogen) atoms. The minimum atomic E-state index is -0.989. The van der Waals surface area contributed by atoms with Crippen molar-refractivity contribution in [3.8, 4) is 0 Å². The Hall–Kier alpha value is -0.270. The smallest absolute Gasteiger partial charge is 0.319 e. The third-order valence-corrected chi connectivity index (χ3v) is 5.14. The van der Waals surface area contributed by atoms with Crippen LogP contribution in [0.5, 0.6) is 0 Å². The number of rotatable bonds is 5. The van der Waals surface area contributed by atoms with Crippen molar-refractivity contribution < 1.29 is 19.8 Å². The molecule has 0 aromatic rings. The zero-order chi connectivity index (χ0) is 13.9. The number of thioether (sulfide) groups is 2. The summed E-state index contributed by atoms with van der Waals surface area (Å²) in [5, 5.41) is 17.8. The van der Waals surface area contributed by atoms with Crippen LogP contribution in [-0.2, 0) is 9.59 Å². The molecule has 7 heteroatoms. The molecular formula is C10H16O4S3. The molecule has 0 aliphatic rings. The topological polar surface area (TPSA) is 74.6 Å². The van der Waals surface area contributed by atoms with Crippen molar-refractivity contribution in [3.05, 3.63) is 0 Å². The molecule has 0 heterocycles. The number of hydrogen-bond donors (Lipinski definition) is 2. The highest BCUT2D eigenvalue weighted by Gasteiger charge is 2.32. The van der Waals surface area contributed by atoms with E-state index in [1.54, 1.807) is 27.7 Å². The van der Waals surface area contributed by atoms with Crippen LogP contribution in [0.2, 0.25) is 0 Å². The zero-order valence-corrected chi connectivity index (χ0v) is 12.6. The SMILES string of the molecule is CC(C)(CSC(=S)SC(C)(C)C(=O)O)C(=O)O. The van der Waals surface area contributed by atoms with E-state index in [0.29, 0.717) is 9.28 Å². The summed E-state index contributed by atoms with van der Waals surface area (Å²) in [6.45, 7) is 6.35. The molecule has 0 unspecified atom stereocenters. The number of carbonyl (C=O) groups is 2. The van der Waals surface area contributed by atoms with Gasteiger partial charge in [0.15, 0.2) is 0 Å². The molecule has 0 saturated heterocycles. The van der Waals surface area contributed by atoms with Crippen LogP contribution in [0.25, 0.3) is 0 Å². The van der Waals surface area contributed by atoms with Crippen LogP contribution < -0.4 is 0 Å². The van der Waals surface area contributed by atoms with Gasteiger partial charge < -0.3 is 10.2 Å². The predicted molar refractivity (Wildman–Crippen MR) is 75.8 cm³/mol. The van der Waals surface area contributed by atoms with Gasteiger partial charge in [-0.05, 0) is 27.7 Å². The molecule has 0 aliphatic carbocycles. The average Bonchev–Trinajstić information content (AvgIpc) is 2.13. The number of carboxylic acid groups (broad SMARTS) is 2. The van der Waals surface area contributed by atoms with Crippen molar-refractivity contribution in [2.45, 2.75) is 32.4 Å². The molecule has 98 valence electrons. The standard InChI is InChI=1S/C10H16O4S3/c1-9(2,6(11)12)5-16-8(15)17-10(3,4)7(13)14/h5H2,1-4H3,(H,11,12)(H,13,14). The van der Waals surface area contributed by atoms with E-state index in [4.69, 9.17) is 22.4 Å². The lowest BCUT2D eigenvalue weighted by Gasteiger charge is -2.21. The minimum Gasteiger partial charge on any atom is -0.481 e. The summed E-state index contributed by atoms with van der Waals surface area (Å²) in [5.74, 6) is -1.51. The minimum absolute atomic E-state index is 0.323. The number of aliphatic carboxylic acids is 2. The molecular weight excluding hydrogens is 280 g/mol. The van der Waals surface area contributed by atoms with Crippen molar-refractivity contribution in [2.24, 2.45) is 5.41 Å². The summed E-state index contributed by atoms with van der Waals surface area (Å²) in [4.78, 5) is 21.8. The van der Waals surface area contributed by atoms with Gasteiger partial charge in [0.05, 0.1) is 5.41 Å². The van der Waals surface area contributed by atoms with Gasteiger partial charge in [-0.2, -0.15) is 0 Å². The van der Waals surface area contributed by atoms with Gasteiger partial charge in [-0.25, -0.2) is 0 Å². The molecule has 0 atom stereocenters. The highest BCUT2D eigenvalue weighted by atomic mass is 32.2. The number of thiocarbonyl (C=S) groups is 1. The van der Waals surface area contributed by atoms with Gasteiger partial charge in [-0.15, -0.1) is 11.8 Å². The lowest BCUT2D eigenvalue weighted by Crippen LogP contribution is -2.29. The predicted octanol–water partition coefficient (Wildman–Crippen LogP) is 2.71. The van der Waals surface area contributed by atoms with Crippen LogP contribution >= 0.6 is 35.7 Å². The van der Waals surface area contributed by atoms with Gasteiger partial charge in [-0.1, -0.05) is 24.0 Å². The average molecular weight is 296 g/mol. The van der Waals surface area contributed by atoms with Crippen LogP contribution in [0.3, 0.4) is 0 Å². The lowest BCUT2D eigenvalue weighted by atomic mass is 9.97. The Bertz CT molecular complexity index is 336. The maximum Gasteiger partial charge on any atom is 0.319 e. The second-order valence-electron chi connectivity index (χ2n) is 4.65. The fourth-order valence-electron chi connectivity index (χ4n) is 0.583. The van der Waals surface area contributed by atoms with E-state index in [0.717, 1.165) is 11.8 Å². The second kappa shape index (κ2) is 6.06. The molecule has 0 radical (unpaired) electrons. The maximum absolute atomic E-state index is 10.9. The highest BCUT2D eigenvalue weighted by molar-refractivity contribution is 8.47. The largest absolute Gasteiger partial charge is 0.481 e. The Labute approximate surface area is 115 Å². The molecule has 0 amide bonds. The van der Waals surface area contributed by atoms with Gasteiger partial charge in [-0.3, -0.25) is 9.59 Å². The summed E-state index contributed by atoms with van der Waals surface area (Å²) < 4.78 is -0.538. The quantitative estimate of drug-likeness (QED) is 0.755. The van der Waals surface area contributed by atoms with Crippen molar-refractivity contribution in [1.82, 2.24) is 0 Å². The maximum atomic E-state index is 10.9. The van der Waals surface area contributed by atoms with Crippen LogP contribution in [-0.4, -0.2) is 36.2 Å². The van der Waals surface area contributed by atoms with E-state index in [1.807, 2.05) is 0 Å². The summed E-state index contributed by atoms with van der Waals surface area (Å²) in [6.07, 6.45) is 0. The Morgan fingerprint density at radius 3 is 1.94 bits per heavy atom. The fourth-order valence-corrected chi connectivity index (χ4v) is 3.53. The first-order chi connectivity index (χ1) is 7.49. The first-order valence-corrected chi connectivity index (χ1v) is 7.02. The summed E-state index contributed by atoms with van der Waals surface area (Å²) >= 11 is 7.32. The Balaban J connectivity index is 4.31. The Kier molecular flexibility index (Phi) is 5.96. The van der Waals surface area contributed by atoms with Crippen molar-refractivity contribution >= 4 is 51.2 Å². The fraction of sp³-hybridized carbons (Fsp3) is 0.700. The molecule has 0 saturated carbocycles. The van der Waals surface area contributed by atoms with E-state index < -0.39 is 22.1 Å². The monoisotopic (exact) mass is 296 g/mol. The van der Waals surface area contributed by atoms with Gasteiger partial charge in [0.25, 0.3) is 0 Å². The van der Waals surface area contributed by atoms with Gasteiger partial charge in [0.2, 0.25) is 0 Å². The van der Waals surface area contributed by atoms with E-state index in [9.17, 15) is 9.59 Å². The number of carboxylic acids is 2. The highest BCUT2D eigenvalue weighted by Crippen LogP contribution is 2.33. The Morgan fingerprint density at radius 2 is 1.59 bits per heavy atom. The second-order valence-corrected chi connectivity index (χ2v) is 8.45. The van der Waals surface area contributed by atoms with Crippen LogP contribution in [0.1, 0.15) is 27.7 Å². The first-order valence-electron chi connectivity index (χ1n) is 4.81. The molecule has 0 aromatic carbocycles. The van der Waals surface area contributed by atoms with E-state index >= 15 is 0 Å². The van der Waals surface area contributed by atoms with Crippen LogP contribution in [0, 0.1) is 5.41 Å². The summed E-state index contributed by atoms with van der Waals surface area (Å²) in [5.41, 5.74) is -0.872. The van der Waals surface area contributed by atoms with Gasteiger partial charge in [0, 0.05) is 5.75 Å². The summed E-state index contributed by atoms with van der Waals surface area (Å²) in [7, 11) is 0. The molecule has 4 nitrogen and oxygen atoms in total. The third-order valence-electron chi connectivity index (χ3n) is 1.98. The molecule has 2 N–H and O–H groups in total. The van der Waals surface area contributed by atoms with E-state index in [2.05, 4.69) is 0 Å². The molecule has 0 aliphatic heterocycles. The Morgan fingerprint density at radius 1 is 1.12 bits per heavy atom. The van der Waals surface area contributed by atoms with Gasteiger partial charge in [0.1, 0.15) is 8.28 Å². The van der Waals surface area contributed by atoms with E-state index in [1.165, 1.54) is 11.8 Å². The summed E-state index contributed by atoms with van der Waals surface area (Å²) in [6, 6.07) is 0. The zero-order valence-electron chi connectivity index (χ0n) is 10.1. The molecule has 0 aromatic heterocycles. The first kappa shape index (κ1) is 16.7. The normalized spacial score (nSPS) is 12.2. The third kappa shape index (κ3) is 5.74. The lowest BCUT2D eigenvalue weighted by molar-refractivity contribution is -0.145. The number of hydrogen-bond acceptors (Lipinski definition) is 5. The van der Waals surface area contributed by atoms with Crippen LogP contribution in [0.15, 0.2) is 0 Å². The van der Waals surface area contributed by atoms with E-state index in [-0.39, 0.29) is 0 Å². The molecule has 0 bridgehead atoms. The van der Waals surface area contributed by atoms with Crippen LogP contribution in [0.4, 0.5) is 0 Å². The van der Waals surface area contributed by atoms with Crippen molar-refractivity contribution in [1.29, 1.82) is 0 Å². The van der Waals surface area contributed by atoms with Crippen molar-refractivity contribution in [3.63, 3.8) is 0 Å².